The van der Waals surface area contributed by atoms with E-state index in [1.54, 1.807) is 0 Å². The minimum Gasteiger partial charge on any atom is -0.462 e. The van der Waals surface area contributed by atoms with E-state index in [0.29, 0.717) is 19.3 Å². The molecule has 74 heavy (non-hydrogen) atoms. The average Bonchev–Trinajstić information content (AvgIpc) is 3.40. The molecule has 0 spiro atoms. The first kappa shape index (κ1) is 70.3. The van der Waals surface area contributed by atoms with Crippen molar-refractivity contribution in [1.29, 1.82) is 0 Å². The van der Waals surface area contributed by atoms with Crippen LogP contribution in [0.3, 0.4) is 0 Å². The van der Waals surface area contributed by atoms with Crippen molar-refractivity contribution < 1.29 is 28.6 Å². The summed E-state index contributed by atoms with van der Waals surface area (Å²) in [6.45, 7) is 6.49. The van der Waals surface area contributed by atoms with E-state index in [0.717, 1.165) is 103 Å². The molecule has 0 aliphatic heterocycles. The van der Waals surface area contributed by atoms with E-state index < -0.39 is 6.10 Å². The quantitative estimate of drug-likeness (QED) is 0.0261. The van der Waals surface area contributed by atoms with Gasteiger partial charge in [0.25, 0.3) is 0 Å². The van der Waals surface area contributed by atoms with Crippen LogP contribution in [-0.4, -0.2) is 37.2 Å². The molecular weight excluding hydrogens is 913 g/mol. The Balaban J connectivity index is 4.42. The summed E-state index contributed by atoms with van der Waals surface area (Å²) in [7, 11) is 0. The minimum atomic E-state index is -0.802. The highest BCUT2D eigenvalue weighted by Crippen LogP contribution is 2.15. The second kappa shape index (κ2) is 61.9. The molecule has 0 heterocycles. The number of hydrogen-bond donors (Lipinski definition) is 0. The van der Waals surface area contributed by atoms with E-state index in [4.69, 9.17) is 14.2 Å². The fourth-order valence-corrected chi connectivity index (χ4v) is 8.61. The molecule has 0 aliphatic carbocycles. The Kier molecular flexibility index (Phi) is 58.8. The molecule has 0 saturated heterocycles. The Bertz CT molecular complexity index is 1460. The lowest BCUT2D eigenvalue weighted by Gasteiger charge is -2.18. The molecule has 0 saturated carbocycles. The zero-order valence-corrected chi connectivity index (χ0v) is 48.6. The average molecular weight is 1030 g/mol. The predicted molar refractivity (Wildman–Crippen MR) is 320 cm³/mol. The van der Waals surface area contributed by atoms with Gasteiger partial charge in [-0.1, -0.05) is 253 Å². The maximum Gasteiger partial charge on any atom is 0.306 e. The largest absolute Gasteiger partial charge is 0.462 e. The number of unbranched alkanes of at least 4 members (excludes halogenated alkanes) is 29. The number of esters is 3. The molecule has 0 N–H and O–H groups in total. The van der Waals surface area contributed by atoms with Crippen LogP contribution in [0, 0.1) is 0 Å². The minimum absolute atomic E-state index is 0.0964. The van der Waals surface area contributed by atoms with Crippen LogP contribution in [0.4, 0.5) is 0 Å². The standard InChI is InChI=1S/C68H116O6/c1-4-7-10-13-16-19-22-25-28-30-32-33-34-35-36-38-40-43-46-49-52-55-58-61-67(70)73-64-65(63-72-66(69)60-57-54-51-48-45-42-39-27-24-21-18-15-12-9-6-3)74-68(71)62-59-56-53-50-47-44-41-37-31-29-26-23-20-17-14-11-8-5-2/h9,12,18,21-22,25,27,29-32,34-35,39,45,48,65H,4-8,10-11,13-17,19-20,23-24,26,28,33,36-38,40-44,46-47,49-64H2,1-3H3/b12-9-,21-18-,25-22-,31-29-,32-30-,35-34-,39-27-,48-45-. The van der Waals surface area contributed by atoms with Gasteiger partial charge in [-0.2, -0.15) is 0 Å². The van der Waals surface area contributed by atoms with Crippen molar-refractivity contribution in [2.75, 3.05) is 13.2 Å². The van der Waals surface area contributed by atoms with Gasteiger partial charge in [-0.25, -0.2) is 0 Å². The number of rotatable bonds is 56. The Hall–Kier alpha value is -3.67. The number of allylic oxidation sites excluding steroid dienone is 16. The Labute approximate surface area is 457 Å². The molecule has 424 valence electrons. The maximum atomic E-state index is 12.9. The molecule has 0 amide bonds. The highest BCUT2D eigenvalue weighted by molar-refractivity contribution is 5.71. The van der Waals surface area contributed by atoms with Crippen LogP contribution in [0.15, 0.2) is 97.2 Å². The summed E-state index contributed by atoms with van der Waals surface area (Å²) in [5, 5.41) is 0. The molecule has 1 atom stereocenters. The van der Waals surface area contributed by atoms with E-state index in [1.807, 2.05) is 0 Å². The Morgan fingerprint density at radius 2 is 0.527 bits per heavy atom. The summed E-state index contributed by atoms with van der Waals surface area (Å²) >= 11 is 0. The Morgan fingerprint density at radius 3 is 0.865 bits per heavy atom. The van der Waals surface area contributed by atoms with Crippen molar-refractivity contribution in [1.82, 2.24) is 0 Å². The third-order valence-electron chi connectivity index (χ3n) is 13.3. The highest BCUT2D eigenvalue weighted by Gasteiger charge is 2.19. The zero-order chi connectivity index (χ0) is 53.6. The normalized spacial score (nSPS) is 12.7. The van der Waals surface area contributed by atoms with E-state index in [1.165, 1.54) is 154 Å². The van der Waals surface area contributed by atoms with Crippen LogP contribution in [0.2, 0.25) is 0 Å². The maximum absolute atomic E-state index is 12.9. The van der Waals surface area contributed by atoms with Gasteiger partial charge in [-0.05, 0) is 122 Å². The number of hydrogen-bond acceptors (Lipinski definition) is 6. The van der Waals surface area contributed by atoms with Crippen LogP contribution in [0.1, 0.15) is 297 Å². The summed E-state index contributed by atoms with van der Waals surface area (Å²) in [6.07, 6.45) is 82.6. The number of carbonyl (C=O) groups is 3. The molecule has 0 aromatic carbocycles. The third kappa shape index (κ3) is 59.2. The van der Waals surface area contributed by atoms with E-state index in [9.17, 15) is 14.4 Å². The van der Waals surface area contributed by atoms with E-state index in [-0.39, 0.29) is 31.1 Å². The smallest absolute Gasteiger partial charge is 0.306 e. The van der Waals surface area contributed by atoms with Gasteiger partial charge in [0.05, 0.1) is 0 Å². The van der Waals surface area contributed by atoms with Crippen molar-refractivity contribution in [2.24, 2.45) is 0 Å². The molecule has 0 aliphatic rings. The third-order valence-corrected chi connectivity index (χ3v) is 13.3. The fourth-order valence-electron chi connectivity index (χ4n) is 8.61. The van der Waals surface area contributed by atoms with Gasteiger partial charge in [0.15, 0.2) is 6.10 Å². The van der Waals surface area contributed by atoms with Crippen LogP contribution in [0.5, 0.6) is 0 Å². The molecule has 0 fully saturated rings. The van der Waals surface area contributed by atoms with Gasteiger partial charge in [0.2, 0.25) is 0 Å². The van der Waals surface area contributed by atoms with Gasteiger partial charge in [-0.15, -0.1) is 0 Å². The first-order chi connectivity index (χ1) is 36.5. The number of carbonyl (C=O) groups excluding carboxylic acids is 3. The SMILES string of the molecule is CC/C=C\C/C=C\C/C=C\C/C=C\CCCCC(=O)OCC(COC(=O)CCCCCCCCCC/C=C\C/C=C\C/C=C\CCCCCCC)OC(=O)CCCCCCCCC/C=C\CCCCCCCCC. The number of ether oxygens (including phenoxy) is 3. The van der Waals surface area contributed by atoms with Crippen molar-refractivity contribution in [3.8, 4) is 0 Å². The van der Waals surface area contributed by atoms with Crippen molar-refractivity contribution in [3.05, 3.63) is 97.2 Å². The summed E-state index contributed by atoms with van der Waals surface area (Å²) in [4.78, 5) is 38.3. The second-order valence-corrected chi connectivity index (χ2v) is 20.6. The summed E-state index contributed by atoms with van der Waals surface area (Å²) in [5.41, 5.74) is 0. The molecule has 0 aromatic rings. The lowest BCUT2D eigenvalue weighted by atomic mass is 10.1. The van der Waals surface area contributed by atoms with Gasteiger partial charge in [0.1, 0.15) is 13.2 Å². The van der Waals surface area contributed by atoms with Crippen LogP contribution < -0.4 is 0 Å². The molecular formula is C68H116O6. The first-order valence-electron chi connectivity index (χ1n) is 31.2. The van der Waals surface area contributed by atoms with Gasteiger partial charge in [0, 0.05) is 19.3 Å². The summed E-state index contributed by atoms with van der Waals surface area (Å²) in [5.74, 6) is -0.943. The molecule has 1 unspecified atom stereocenters. The molecule has 0 aromatic heterocycles. The first-order valence-corrected chi connectivity index (χ1v) is 31.2. The molecule has 6 heteroatoms. The second-order valence-electron chi connectivity index (χ2n) is 20.6. The van der Waals surface area contributed by atoms with Gasteiger partial charge >= 0.3 is 17.9 Å². The van der Waals surface area contributed by atoms with Crippen LogP contribution in [-0.2, 0) is 28.6 Å². The van der Waals surface area contributed by atoms with E-state index in [2.05, 4.69) is 118 Å². The van der Waals surface area contributed by atoms with Gasteiger partial charge < -0.3 is 14.2 Å². The highest BCUT2D eigenvalue weighted by atomic mass is 16.6. The Morgan fingerprint density at radius 1 is 0.284 bits per heavy atom. The topological polar surface area (TPSA) is 78.9 Å². The van der Waals surface area contributed by atoms with Crippen LogP contribution in [0.25, 0.3) is 0 Å². The van der Waals surface area contributed by atoms with E-state index >= 15 is 0 Å². The lowest BCUT2D eigenvalue weighted by molar-refractivity contribution is -0.167. The molecule has 0 radical (unpaired) electrons. The molecule has 0 bridgehead atoms. The zero-order valence-electron chi connectivity index (χ0n) is 48.6. The molecule has 6 nitrogen and oxygen atoms in total. The van der Waals surface area contributed by atoms with Gasteiger partial charge in [-0.3, -0.25) is 14.4 Å². The summed E-state index contributed by atoms with van der Waals surface area (Å²) < 4.78 is 16.9. The monoisotopic (exact) mass is 1030 g/mol. The van der Waals surface area contributed by atoms with Crippen LogP contribution >= 0.6 is 0 Å². The van der Waals surface area contributed by atoms with Crippen molar-refractivity contribution >= 4 is 17.9 Å². The summed E-state index contributed by atoms with van der Waals surface area (Å²) in [6, 6.07) is 0. The molecule has 0 rings (SSSR count). The lowest BCUT2D eigenvalue weighted by Crippen LogP contribution is -2.30. The fraction of sp³-hybridized carbons (Fsp3) is 0.721. The van der Waals surface area contributed by atoms with Crippen molar-refractivity contribution in [2.45, 2.75) is 303 Å². The van der Waals surface area contributed by atoms with Crippen molar-refractivity contribution in [3.63, 3.8) is 0 Å². The predicted octanol–water partition coefficient (Wildman–Crippen LogP) is 21.3.